The molecule has 174 valence electrons. The molecular weight excluding hydrogens is 446 g/mol. The summed E-state index contributed by atoms with van der Waals surface area (Å²) in [5.74, 6) is -1.27. The van der Waals surface area contributed by atoms with Gasteiger partial charge in [0.1, 0.15) is 0 Å². The van der Waals surface area contributed by atoms with E-state index in [4.69, 9.17) is 0 Å². The monoisotopic (exact) mass is 468 g/mol. The molecule has 1 unspecified atom stereocenters. The Morgan fingerprint density at radius 2 is 1.59 bits per heavy atom. The summed E-state index contributed by atoms with van der Waals surface area (Å²) in [5, 5.41) is 45.2. The maximum atomic E-state index is 11.9. The minimum absolute atomic E-state index is 0.191. The van der Waals surface area contributed by atoms with Gasteiger partial charge in [0.25, 0.3) is 17.1 Å². The van der Waals surface area contributed by atoms with E-state index in [9.17, 15) is 40.2 Å². The largest absolute Gasteiger partial charge is 0.863 e. The lowest BCUT2D eigenvalue weighted by Gasteiger charge is -2.29. The minimum Gasteiger partial charge on any atom is -0.863 e. The molecule has 32 heavy (non-hydrogen) atoms. The average molecular weight is 468 g/mol. The van der Waals surface area contributed by atoms with E-state index in [0.717, 1.165) is 11.5 Å². The molecule has 0 N–H and O–H groups in total. The SMILES string of the molecule is CCC(=O)N(c1cccs1)C(C)CN(C)C.O=[N+]([O-])c1cc([N+](=O)[O-])c([O-])c([N+](=O)[O-])c1. The summed E-state index contributed by atoms with van der Waals surface area (Å²) in [4.78, 5) is 43.5. The highest BCUT2D eigenvalue weighted by atomic mass is 32.1. The van der Waals surface area contributed by atoms with Gasteiger partial charge < -0.3 is 10.0 Å². The molecule has 0 saturated heterocycles. The van der Waals surface area contributed by atoms with Gasteiger partial charge in [0.15, 0.2) is 0 Å². The predicted molar refractivity (Wildman–Crippen MR) is 116 cm³/mol. The molecule has 1 aromatic carbocycles. The minimum atomic E-state index is -1.46. The van der Waals surface area contributed by atoms with Gasteiger partial charge in [-0.05, 0) is 38.5 Å². The molecule has 0 spiro atoms. The second kappa shape index (κ2) is 11.7. The van der Waals surface area contributed by atoms with E-state index in [1.54, 1.807) is 11.3 Å². The molecule has 0 radical (unpaired) electrons. The van der Waals surface area contributed by atoms with Crippen LogP contribution in [0.3, 0.4) is 0 Å². The van der Waals surface area contributed by atoms with Crippen LogP contribution in [0.1, 0.15) is 20.3 Å². The molecule has 0 saturated carbocycles. The number of hydrogen-bond donors (Lipinski definition) is 0. The van der Waals surface area contributed by atoms with Crippen molar-refractivity contribution >= 4 is 39.3 Å². The smallest absolute Gasteiger partial charge is 0.283 e. The Hall–Kier alpha value is -3.65. The van der Waals surface area contributed by atoms with Gasteiger partial charge in [-0.3, -0.25) is 40.0 Å². The molecular formula is C18H22N5O8S-. The zero-order chi connectivity index (χ0) is 24.6. The summed E-state index contributed by atoms with van der Waals surface area (Å²) in [6.45, 7) is 4.88. The fourth-order valence-corrected chi connectivity index (χ4v) is 3.58. The van der Waals surface area contributed by atoms with Crippen LogP contribution in [-0.2, 0) is 4.79 Å². The number of nitrogens with zero attached hydrogens (tertiary/aromatic N) is 5. The lowest BCUT2D eigenvalue weighted by Crippen LogP contribution is -2.43. The third kappa shape index (κ3) is 6.95. The van der Waals surface area contributed by atoms with Crippen molar-refractivity contribution in [2.45, 2.75) is 26.3 Å². The van der Waals surface area contributed by atoms with Gasteiger partial charge in [0, 0.05) is 19.0 Å². The first-order valence-electron chi connectivity index (χ1n) is 9.19. The van der Waals surface area contributed by atoms with Gasteiger partial charge in [-0.1, -0.05) is 6.92 Å². The van der Waals surface area contributed by atoms with E-state index >= 15 is 0 Å². The highest BCUT2D eigenvalue weighted by molar-refractivity contribution is 7.14. The second-order valence-corrected chi connectivity index (χ2v) is 7.69. The van der Waals surface area contributed by atoms with Gasteiger partial charge in [0.2, 0.25) is 5.91 Å². The molecule has 1 atom stereocenters. The average Bonchev–Trinajstić information content (AvgIpc) is 3.21. The fraction of sp³-hybridized carbons (Fsp3) is 0.389. The van der Waals surface area contributed by atoms with E-state index in [1.165, 1.54) is 0 Å². The summed E-state index contributed by atoms with van der Waals surface area (Å²) >= 11 is 1.62. The van der Waals surface area contributed by atoms with Crippen LogP contribution < -0.4 is 10.0 Å². The molecule has 1 aromatic heterocycles. The maximum Gasteiger partial charge on any atom is 0.283 e. The third-order valence-corrected chi connectivity index (χ3v) is 4.89. The zero-order valence-corrected chi connectivity index (χ0v) is 18.6. The number of thiophene rings is 1. The molecule has 1 heterocycles. The number of likely N-dealkylation sites (N-methyl/N-ethyl adjacent to an activating group) is 1. The molecule has 0 aliphatic rings. The number of benzene rings is 1. The highest BCUT2D eigenvalue weighted by Gasteiger charge is 2.24. The Morgan fingerprint density at radius 3 is 1.94 bits per heavy atom. The standard InChI is InChI=1S/C12H20N2OS.C6H3N3O7/c1-5-11(15)14(10(2)9-13(3)4)12-7-6-8-16-12;10-6-4(8(13)14)1-3(7(11)12)2-5(6)9(15)16/h6-8,10H,5,9H2,1-4H3;1-2,10H/p-1. The molecule has 14 heteroatoms. The number of hydrogen-bond acceptors (Lipinski definition) is 10. The molecule has 13 nitrogen and oxygen atoms in total. The van der Waals surface area contributed by atoms with Gasteiger partial charge in [-0.25, -0.2) is 0 Å². The van der Waals surface area contributed by atoms with Crippen LogP contribution in [0.15, 0.2) is 29.6 Å². The first kappa shape index (κ1) is 26.4. The first-order chi connectivity index (χ1) is 14.9. The molecule has 0 aliphatic carbocycles. The van der Waals surface area contributed by atoms with Crippen molar-refractivity contribution in [1.29, 1.82) is 0 Å². The lowest BCUT2D eigenvalue weighted by molar-refractivity contribution is -0.420. The van der Waals surface area contributed by atoms with Crippen LogP contribution >= 0.6 is 11.3 Å². The van der Waals surface area contributed by atoms with Crippen molar-refractivity contribution in [3.05, 3.63) is 60.0 Å². The number of anilines is 1. The van der Waals surface area contributed by atoms with E-state index in [1.807, 2.05) is 43.4 Å². The summed E-state index contributed by atoms with van der Waals surface area (Å²) in [5.41, 5.74) is -3.26. The molecule has 2 rings (SSSR count). The Labute approximate surface area is 186 Å². The normalized spacial score (nSPS) is 11.3. The van der Waals surface area contributed by atoms with Crippen molar-refractivity contribution in [3.8, 4) is 5.75 Å². The van der Waals surface area contributed by atoms with Crippen LogP contribution in [0, 0.1) is 30.3 Å². The predicted octanol–water partition coefficient (Wildman–Crippen LogP) is 2.93. The number of non-ortho nitro benzene ring substituents is 1. The second-order valence-electron chi connectivity index (χ2n) is 6.76. The van der Waals surface area contributed by atoms with Crippen molar-refractivity contribution in [2.75, 3.05) is 25.5 Å². The quantitative estimate of drug-likeness (QED) is 0.416. The summed E-state index contributed by atoms with van der Waals surface area (Å²) in [6.07, 6.45) is 0.551. The summed E-state index contributed by atoms with van der Waals surface area (Å²) in [7, 11) is 4.05. The van der Waals surface area contributed by atoms with Crippen molar-refractivity contribution < 1.29 is 24.7 Å². The Morgan fingerprint density at radius 1 is 1.06 bits per heavy atom. The number of amides is 1. The molecule has 0 bridgehead atoms. The Balaban J connectivity index is 0.000000320. The number of nitro benzene ring substituents is 3. The van der Waals surface area contributed by atoms with Crippen LogP contribution in [0.25, 0.3) is 0 Å². The van der Waals surface area contributed by atoms with E-state index in [-0.39, 0.29) is 11.9 Å². The Bertz CT molecular complexity index is 945. The van der Waals surface area contributed by atoms with Crippen LogP contribution in [-0.4, -0.2) is 52.3 Å². The first-order valence-corrected chi connectivity index (χ1v) is 10.1. The maximum absolute atomic E-state index is 11.9. The van der Waals surface area contributed by atoms with E-state index < -0.39 is 37.6 Å². The Kier molecular flexibility index (Phi) is 9.62. The fourth-order valence-electron chi connectivity index (χ4n) is 2.73. The zero-order valence-electron chi connectivity index (χ0n) is 17.8. The van der Waals surface area contributed by atoms with E-state index in [0.29, 0.717) is 18.6 Å². The topological polar surface area (TPSA) is 176 Å². The van der Waals surface area contributed by atoms with E-state index in [2.05, 4.69) is 11.8 Å². The van der Waals surface area contributed by atoms with Crippen LogP contribution in [0.4, 0.5) is 22.1 Å². The van der Waals surface area contributed by atoms with Gasteiger partial charge >= 0.3 is 0 Å². The summed E-state index contributed by atoms with van der Waals surface area (Å²) < 4.78 is 0. The van der Waals surface area contributed by atoms with Gasteiger partial charge in [-0.15, -0.1) is 11.3 Å². The number of carbonyl (C=O) groups is 1. The van der Waals surface area contributed by atoms with Gasteiger partial charge in [-0.2, -0.15) is 0 Å². The lowest BCUT2D eigenvalue weighted by atomic mass is 10.2. The van der Waals surface area contributed by atoms with Crippen molar-refractivity contribution in [2.24, 2.45) is 0 Å². The van der Waals surface area contributed by atoms with Crippen LogP contribution in [0.2, 0.25) is 0 Å². The van der Waals surface area contributed by atoms with Crippen molar-refractivity contribution in [3.63, 3.8) is 0 Å². The van der Waals surface area contributed by atoms with Gasteiger partial charge in [0.05, 0.1) is 37.7 Å². The number of carbonyl (C=O) groups excluding carboxylic acids is 1. The molecule has 0 fully saturated rings. The molecule has 1 amide bonds. The number of nitro groups is 3. The molecule has 0 aliphatic heterocycles. The number of rotatable bonds is 8. The summed E-state index contributed by atoms with van der Waals surface area (Å²) in [6, 6.07) is 4.97. The third-order valence-electron chi connectivity index (χ3n) is 4.02. The molecule has 2 aromatic rings. The van der Waals surface area contributed by atoms with Crippen LogP contribution in [0.5, 0.6) is 5.75 Å². The highest BCUT2D eigenvalue weighted by Crippen LogP contribution is 2.36. The van der Waals surface area contributed by atoms with Crippen molar-refractivity contribution in [1.82, 2.24) is 4.90 Å².